The lowest BCUT2D eigenvalue weighted by Gasteiger charge is -2.25. The highest BCUT2D eigenvalue weighted by molar-refractivity contribution is 7.93. The molecular formula is C28H23F4N3O5S2. The van der Waals surface area contributed by atoms with Gasteiger partial charge in [-0.2, -0.15) is 13.2 Å². The van der Waals surface area contributed by atoms with Crippen LogP contribution in [0, 0.1) is 12.7 Å². The molecule has 4 rings (SSSR count). The van der Waals surface area contributed by atoms with E-state index >= 15 is 0 Å². The minimum atomic E-state index is -4.76. The van der Waals surface area contributed by atoms with E-state index < -0.39 is 50.1 Å². The van der Waals surface area contributed by atoms with Crippen molar-refractivity contribution in [1.29, 1.82) is 0 Å². The fraction of sp³-hybridized carbons (Fsp3) is 0.107. The Morgan fingerprint density at radius 1 is 0.786 bits per heavy atom. The topological polar surface area (TPSA) is 113 Å². The van der Waals surface area contributed by atoms with Crippen molar-refractivity contribution in [2.75, 3.05) is 20.9 Å². The van der Waals surface area contributed by atoms with Crippen molar-refractivity contribution in [1.82, 2.24) is 0 Å². The van der Waals surface area contributed by atoms with Crippen molar-refractivity contribution in [3.8, 4) is 0 Å². The first-order valence-electron chi connectivity index (χ1n) is 12.1. The fourth-order valence-electron chi connectivity index (χ4n) is 3.77. The number of sulfonamides is 2. The van der Waals surface area contributed by atoms with Crippen LogP contribution in [0.2, 0.25) is 0 Å². The molecule has 220 valence electrons. The first kappa shape index (κ1) is 30.5. The van der Waals surface area contributed by atoms with Gasteiger partial charge in [0.1, 0.15) is 12.4 Å². The second kappa shape index (κ2) is 11.8. The number of halogens is 4. The van der Waals surface area contributed by atoms with Crippen LogP contribution in [0.1, 0.15) is 11.1 Å². The highest BCUT2D eigenvalue weighted by atomic mass is 32.2. The van der Waals surface area contributed by atoms with Gasteiger partial charge in [0.05, 0.1) is 21.0 Å². The average molecular weight is 622 g/mol. The Labute approximate surface area is 239 Å². The zero-order chi connectivity index (χ0) is 30.7. The second-order valence-electron chi connectivity index (χ2n) is 9.06. The minimum absolute atomic E-state index is 0.0949. The number of carbonyl (C=O) groups excluding carboxylic acids is 1. The Kier molecular flexibility index (Phi) is 8.59. The third kappa shape index (κ3) is 7.25. The Morgan fingerprint density at radius 2 is 1.36 bits per heavy atom. The summed E-state index contributed by atoms with van der Waals surface area (Å²) >= 11 is 0. The van der Waals surface area contributed by atoms with Crippen molar-refractivity contribution in [2.45, 2.75) is 22.9 Å². The predicted molar refractivity (Wildman–Crippen MR) is 149 cm³/mol. The summed E-state index contributed by atoms with van der Waals surface area (Å²) in [5.41, 5.74) is -0.518. The van der Waals surface area contributed by atoms with E-state index in [0.29, 0.717) is 10.4 Å². The van der Waals surface area contributed by atoms with Crippen LogP contribution in [-0.2, 0) is 31.0 Å². The standard InChI is InChI=1S/C28H23F4N3O5S2/c1-19-5-13-26(14-6-19)42(39,40)35(24-4-2-3-20(17-24)28(30,31)32)18-27(36)33-22-11-15-25(16-12-22)41(37,38)34-23-9-7-21(29)8-10-23/h2-17,34H,18H2,1H3,(H,33,36). The molecule has 2 N–H and O–H groups in total. The van der Waals surface area contributed by atoms with Gasteiger partial charge in [-0.05, 0) is 85.8 Å². The van der Waals surface area contributed by atoms with Gasteiger partial charge in [0.2, 0.25) is 5.91 Å². The molecule has 0 saturated carbocycles. The molecule has 0 unspecified atom stereocenters. The molecule has 4 aromatic rings. The predicted octanol–water partition coefficient (Wildman–Crippen LogP) is 5.79. The average Bonchev–Trinajstić information content (AvgIpc) is 2.93. The van der Waals surface area contributed by atoms with Gasteiger partial charge in [-0.15, -0.1) is 0 Å². The van der Waals surface area contributed by atoms with E-state index in [1.54, 1.807) is 6.92 Å². The number of anilines is 3. The van der Waals surface area contributed by atoms with E-state index in [9.17, 15) is 39.2 Å². The SMILES string of the molecule is Cc1ccc(S(=O)(=O)N(CC(=O)Nc2ccc(S(=O)(=O)Nc3ccc(F)cc3)cc2)c2cccc(C(F)(F)F)c2)cc1. The summed E-state index contributed by atoms with van der Waals surface area (Å²) in [6.07, 6.45) is -4.76. The highest BCUT2D eigenvalue weighted by Gasteiger charge is 2.33. The van der Waals surface area contributed by atoms with Crippen LogP contribution in [0.3, 0.4) is 0 Å². The number of amides is 1. The largest absolute Gasteiger partial charge is 0.416 e. The summed E-state index contributed by atoms with van der Waals surface area (Å²) < 4.78 is 108. The third-order valence-corrected chi connectivity index (χ3v) is 9.09. The summed E-state index contributed by atoms with van der Waals surface area (Å²) in [7, 11) is -8.55. The number of nitrogens with one attached hydrogen (secondary N) is 2. The van der Waals surface area contributed by atoms with E-state index in [1.807, 2.05) is 0 Å². The van der Waals surface area contributed by atoms with Crippen LogP contribution in [0.15, 0.2) is 107 Å². The van der Waals surface area contributed by atoms with Gasteiger partial charge < -0.3 is 5.32 Å². The van der Waals surface area contributed by atoms with Crippen LogP contribution in [0.5, 0.6) is 0 Å². The van der Waals surface area contributed by atoms with Crippen molar-refractivity contribution >= 4 is 43.0 Å². The maximum Gasteiger partial charge on any atom is 0.416 e. The van der Waals surface area contributed by atoms with Crippen LogP contribution in [0.25, 0.3) is 0 Å². The summed E-state index contributed by atoms with van der Waals surface area (Å²) in [6, 6.07) is 18.7. The number of aryl methyl sites for hydroxylation is 1. The summed E-state index contributed by atoms with van der Waals surface area (Å²) in [4.78, 5) is 12.5. The molecule has 1 amide bonds. The summed E-state index contributed by atoms with van der Waals surface area (Å²) in [6.45, 7) is 0.841. The molecule has 0 bridgehead atoms. The number of alkyl halides is 3. The van der Waals surface area contributed by atoms with E-state index in [1.165, 1.54) is 60.7 Å². The fourth-order valence-corrected chi connectivity index (χ4v) is 6.24. The molecule has 0 aliphatic heterocycles. The normalized spacial score (nSPS) is 12.0. The smallest absolute Gasteiger partial charge is 0.325 e. The molecule has 4 aromatic carbocycles. The Morgan fingerprint density at radius 3 is 1.95 bits per heavy atom. The van der Waals surface area contributed by atoms with Gasteiger partial charge in [0.25, 0.3) is 20.0 Å². The summed E-state index contributed by atoms with van der Waals surface area (Å²) in [5, 5.41) is 2.43. The second-order valence-corrected chi connectivity index (χ2v) is 12.6. The number of nitrogens with zero attached hydrogens (tertiary/aromatic N) is 1. The molecule has 0 fully saturated rings. The van der Waals surface area contributed by atoms with Crippen molar-refractivity contribution in [2.24, 2.45) is 0 Å². The first-order chi connectivity index (χ1) is 19.6. The van der Waals surface area contributed by atoms with Crippen LogP contribution in [0.4, 0.5) is 34.6 Å². The molecular weight excluding hydrogens is 598 g/mol. The zero-order valence-electron chi connectivity index (χ0n) is 21.8. The lowest BCUT2D eigenvalue weighted by Crippen LogP contribution is -2.38. The number of hydrogen-bond acceptors (Lipinski definition) is 5. The van der Waals surface area contributed by atoms with Crippen LogP contribution >= 0.6 is 0 Å². The minimum Gasteiger partial charge on any atom is -0.325 e. The number of carbonyl (C=O) groups is 1. The molecule has 0 heterocycles. The van der Waals surface area contributed by atoms with E-state index in [-0.39, 0.29) is 26.9 Å². The monoisotopic (exact) mass is 621 g/mol. The van der Waals surface area contributed by atoms with Gasteiger partial charge in [0.15, 0.2) is 0 Å². The number of benzene rings is 4. The molecule has 0 spiro atoms. The first-order valence-corrected chi connectivity index (χ1v) is 15.0. The van der Waals surface area contributed by atoms with Crippen LogP contribution < -0.4 is 14.3 Å². The molecule has 0 aliphatic rings. The highest BCUT2D eigenvalue weighted by Crippen LogP contribution is 2.33. The molecule has 14 heteroatoms. The number of hydrogen-bond donors (Lipinski definition) is 2. The maximum absolute atomic E-state index is 13.5. The third-order valence-electron chi connectivity index (χ3n) is 5.90. The maximum atomic E-state index is 13.5. The summed E-state index contributed by atoms with van der Waals surface area (Å²) in [5.74, 6) is -1.44. The molecule has 0 radical (unpaired) electrons. The van der Waals surface area contributed by atoms with Gasteiger partial charge in [-0.25, -0.2) is 21.2 Å². The van der Waals surface area contributed by atoms with E-state index in [0.717, 1.165) is 35.9 Å². The molecule has 42 heavy (non-hydrogen) atoms. The molecule has 0 saturated heterocycles. The van der Waals surface area contributed by atoms with Gasteiger partial charge in [-0.3, -0.25) is 13.8 Å². The number of rotatable bonds is 9. The Bertz CT molecular complexity index is 1790. The van der Waals surface area contributed by atoms with Gasteiger partial charge >= 0.3 is 6.18 Å². The molecule has 0 aromatic heterocycles. The quantitative estimate of drug-likeness (QED) is 0.230. The van der Waals surface area contributed by atoms with E-state index in [4.69, 9.17) is 0 Å². The molecule has 8 nitrogen and oxygen atoms in total. The van der Waals surface area contributed by atoms with Gasteiger partial charge in [-0.1, -0.05) is 23.8 Å². The lowest BCUT2D eigenvalue weighted by atomic mass is 10.2. The Balaban J connectivity index is 1.57. The lowest BCUT2D eigenvalue weighted by molar-refractivity contribution is -0.137. The molecule has 0 aliphatic carbocycles. The van der Waals surface area contributed by atoms with Crippen molar-refractivity contribution in [3.05, 3.63) is 114 Å². The van der Waals surface area contributed by atoms with Crippen molar-refractivity contribution < 1.29 is 39.2 Å². The molecule has 0 atom stereocenters. The Hall–Kier alpha value is -4.43. The van der Waals surface area contributed by atoms with Crippen LogP contribution in [-0.4, -0.2) is 29.3 Å². The van der Waals surface area contributed by atoms with E-state index in [2.05, 4.69) is 10.0 Å². The van der Waals surface area contributed by atoms with Crippen molar-refractivity contribution in [3.63, 3.8) is 0 Å². The zero-order valence-corrected chi connectivity index (χ0v) is 23.4. The van der Waals surface area contributed by atoms with Gasteiger partial charge in [0, 0.05) is 11.4 Å².